The number of hydrogen-bond acceptors (Lipinski definition) is 6. The molecular weight excluding hydrogens is 661 g/mol. The molecule has 306 valence electrons. The van der Waals surface area contributed by atoms with Crippen LogP contribution < -0.4 is 0 Å². The summed E-state index contributed by atoms with van der Waals surface area (Å²) in [5.41, 5.74) is 0. The summed E-state index contributed by atoms with van der Waals surface area (Å²) in [5, 5.41) is 0. The summed E-state index contributed by atoms with van der Waals surface area (Å²) >= 11 is 0. The first-order valence-electron chi connectivity index (χ1n) is 22.1. The predicted octanol–water partition coefficient (Wildman–Crippen LogP) is 14.0. The van der Waals surface area contributed by atoms with Gasteiger partial charge in [0.05, 0.1) is 0 Å². The van der Waals surface area contributed by atoms with E-state index in [1.807, 2.05) is 6.08 Å². The fourth-order valence-electron chi connectivity index (χ4n) is 5.90. The maximum Gasteiger partial charge on any atom is 0.306 e. The molecule has 0 saturated carbocycles. The minimum atomic E-state index is -0.810. The van der Waals surface area contributed by atoms with Gasteiger partial charge < -0.3 is 14.2 Å². The van der Waals surface area contributed by atoms with Gasteiger partial charge in [-0.15, -0.1) is 0 Å². The van der Waals surface area contributed by atoms with Crippen molar-refractivity contribution < 1.29 is 28.6 Å². The number of allylic oxidation sites excluding steroid dienone is 8. The topological polar surface area (TPSA) is 78.9 Å². The summed E-state index contributed by atoms with van der Waals surface area (Å²) in [6, 6.07) is 0. The van der Waals surface area contributed by atoms with Crippen LogP contribution in [-0.4, -0.2) is 37.2 Å². The number of esters is 3. The molecule has 0 amide bonds. The maximum atomic E-state index is 12.7. The van der Waals surface area contributed by atoms with Gasteiger partial charge in [0.15, 0.2) is 6.10 Å². The lowest BCUT2D eigenvalue weighted by molar-refractivity contribution is -0.166. The molecule has 1 atom stereocenters. The Kier molecular flexibility index (Phi) is 40.0. The summed E-state index contributed by atoms with van der Waals surface area (Å²) < 4.78 is 16.6. The summed E-state index contributed by atoms with van der Waals surface area (Å²) in [5.74, 6) is -1.03. The third kappa shape index (κ3) is 40.4. The van der Waals surface area contributed by atoms with Crippen LogP contribution in [0.2, 0.25) is 0 Å². The molecule has 0 aromatic heterocycles. The highest BCUT2D eigenvalue weighted by molar-refractivity contribution is 5.71. The number of rotatable bonds is 39. The largest absolute Gasteiger partial charge is 0.462 e. The van der Waals surface area contributed by atoms with E-state index in [-0.39, 0.29) is 37.5 Å². The third-order valence-corrected chi connectivity index (χ3v) is 9.29. The minimum absolute atomic E-state index is 0.112. The van der Waals surface area contributed by atoms with Crippen molar-refractivity contribution in [3.05, 3.63) is 48.6 Å². The number of ether oxygens (including phenoxy) is 3. The SMILES string of the molecule is CCCCCC/C=C\CCCC(=O)OCC(COC(=O)CC/C=C\C/C=C\CCCCCCCC)OC(=O)CCCCC/C=C\CCCCCCCC. The van der Waals surface area contributed by atoms with Crippen molar-refractivity contribution in [2.45, 2.75) is 219 Å². The van der Waals surface area contributed by atoms with E-state index in [0.717, 1.165) is 57.8 Å². The van der Waals surface area contributed by atoms with Crippen molar-refractivity contribution in [3.8, 4) is 0 Å². The monoisotopic (exact) mass is 743 g/mol. The number of carbonyl (C=O) groups is 3. The second kappa shape index (κ2) is 42.1. The van der Waals surface area contributed by atoms with Crippen molar-refractivity contribution in [2.75, 3.05) is 13.2 Å². The van der Waals surface area contributed by atoms with E-state index in [2.05, 4.69) is 63.3 Å². The summed E-state index contributed by atoms with van der Waals surface area (Å²) in [6.07, 6.45) is 48.3. The Bertz CT molecular complexity index is 949. The molecule has 0 aliphatic heterocycles. The van der Waals surface area contributed by atoms with Gasteiger partial charge >= 0.3 is 17.9 Å². The zero-order valence-electron chi connectivity index (χ0n) is 34.8. The fourth-order valence-corrected chi connectivity index (χ4v) is 5.90. The van der Waals surface area contributed by atoms with E-state index < -0.39 is 6.10 Å². The first-order chi connectivity index (χ1) is 26.0. The maximum absolute atomic E-state index is 12.7. The van der Waals surface area contributed by atoms with Crippen LogP contribution in [0.3, 0.4) is 0 Å². The van der Waals surface area contributed by atoms with Crippen molar-refractivity contribution in [1.82, 2.24) is 0 Å². The minimum Gasteiger partial charge on any atom is -0.462 e. The zero-order chi connectivity index (χ0) is 38.7. The molecular formula is C47H82O6. The van der Waals surface area contributed by atoms with Crippen LogP contribution in [0.5, 0.6) is 0 Å². The normalized spacial score (nSPS) is 12.4. The molecule has 0 fully saturated rings. The Hall–Kier alpha value is -2.63. The van der Waals surface area contributed by atoms with E-state index in [4.69, 9.17) is 14.2 Å². The fraction of sp³-hybridized carbons (Fsp3) is 0.766. The second-order valence-electron chi connectivity index (χ2n) is 14.6. The molecule has 1 unspecified atom stereocenters. The highest BCUT2D eigenvalue weighted by Crippen LogP contribution is 2.12. The quantitative estimate of drug-likeness (QED) is 0.0270. The molecule has 0 bridgehead atoms. The summed E-state index contributed by atoms with van der Waals surface area (Å²) in [4.78, 5) is 37.5. The van der Waals surface area contributed by atoms with Crippen molar-refractivity contribution >= 4 is 17.9 Å². The average Bonchev–Trinajstić information content (AvgIpc) is 3.15. The van der Waals surface area contributed by atoms with Gasteiger partial charge in [0.2, 0.25) is 0 Å². The molecule has 0 saturated heterocycles. The van der Waals surface area contributed by atoms with E-state index in [1.165, 1.54) is 103 Å². The molecule has 6 nitrogen and oxygen atoms in total. The Morgan fingerprint density at radius 1 is 0.377 bits per heavy atom. The van der Waals surface area contributed by atoms with Crippen molar-refractivity contribution in [2.24, 2.45) is 0 Å². The van der Waals surface area contributed by atoms with Crippen LogP contribution in [-0.2, 0) is 28.6 Å². The van der Waals surface area contributed by atoms with Gasteiger partial charge in [-0.25, -0.2) is 0 Å². The summed E-state index contributed by atoms with van der Waals surface area (Å²) in [7, 11) is 0. The summed E-state index contributed by atoms with van der Waals surface area (Å²) in [6.45, 7) is 6.47. The third-order valence-electron chi connectivity index (χ3n) is 9.29. The molecule has 53 heavy (non-hydrogen) atoms. The first kappa shape index (κ1) is 50.4. The second-order valence-corrected chi connectivity index (χ2v) is 14.6. The van der Waals surface area contributed by atoms with Crippen LogP contribution in [0.4, 0.5) is 0 Å². The number of unbranched alkanes of at least 4 members (excludes halogenated alkanes) is 20. The molecule has 0 rings (SSSR count). The standard InChI is InChI=1S/C47H82O6/c1-4-7-10-13-16-19-21-23-25-28-31-34-37-40-46(49)52-43-44(42-51-45(48)39-36-33-30-27-18-15-12-9-6-3)53-47(50)41-38-35-32-29-26-24-22-20-17-14-11-8-5-2/h23-27,30-31,34,44H,4-22,28-29,32-33,35-43H2,1-3H3/b25-23-,26-24-,30-27-,34-31-. The molecule has 0 heterocycles. The van der Waals surface area contributed by atoms with Crippen LogP contribution in [0.1, 0.15) is 213 Å². The van der Waals surface area contributed by atoms with E-state index >= 15 is 0 Å². The van der Waals surface area contributed by atoms with Gasteiger partial charge in [-0.2, -0.15) is 0 Å². The molecule has 0 aromatic rings. The van der Waals surface area contributed by atoms with Gasteiger partial charge in [0.25, 0.3) is 0 Å². The van der Waals surface area contributed by atoms with Gasteiger partial charge in [-0.1, -0.05) is 159 Å². The lowest BCUT2D eigenvalue weighted by Crippen LogP contribution is -2.30. The van der Waals surface area contributed by atoms with Crippen LogP contribution in [0.15, 0.2) is 48.6 Å². The molecule has 0 aromatic carbocycles. The van der Waals surface area contributed by atoms with Crippen molar-refractivity contribution in [1.29, 1.82) is 0 Å². The van der Waals surface area contributed by atoms with E-state index in [9.17, 15) is 14.4 Å². The predicted molar refractivity (Wildman–Crippen MR) is 224 cm³/mol. The average molecular weight is 743 g/mol. The van der Waals surface area contributed by atoms with Crippen LogP contribution in [0, 0.1) is 0 Å². The highest BCUT2D eigenvalue weighted by atomic mass is 16.6. The lowest BCUT2D eigenvalue weighted by atomic mass is 10.1. The lowest BCUT2D eigenvalue weighted by Gasteiger charge is -2.18. The van der Waals surface area contributed by atoms with Gasteiger partial charge in [0.1, 0.15) is 13.2 Å². The Labute approximate surface area is 327 Å². The van der Waals surface area contributed by atoms with E-state index in [0.29, 0.717) is 25.7 Å². The van der Waals surface area contributed by atoms with Crippen LogP contribution in [0.25, 0.3) is 0 Å². The molecule has 0 aliphatic carbocycles. The van der Waals surface area contributed by atoms with Crippen LogP contribution >= 0.6 is 0 Å². The van der Waals surface area contributed by atoms with Gasteiger partial charge in [0, 0.05) is 19.3 Å². The van der Waals surface area contributed by atoms with Gasteiger partial charge in [-0.05, 0) is 83.5 Å². The van der Waals surface area contributed by atoms with Crippen molar-refractivity contribution in [3.63, 3.8) is 0 Å². The molecule has 0 radical (unpaired) electrons. The highest BCUT2D eigenvalue weighted by Gasteiger charge is 2.19. The van der Waals surface area contributed by atoms with Gasteiger partial charge in [-0.3, -0.25) is 14.4 Å². The Morgan fingerprint density at radius 3 is 1.25 bits per heavy atom. The smallest absolute Gasteiger partial charge is 0.306 e. The van der Waals surface area contributed by atoms with E-state index in [1.54, 1.807) is 0 Å². The first-order valence-corrected chi connectivity index (χ1v) is 22.1. The molecule has 0 N–H and O–H groups in total. The Morgan fingerprint density at radius 2 is 0.736 bits per heavy atom. The molecule has 6 heteroatoms. The number of carbonyl (C=O) groups excluding carboxylic acids is 3. The number of hydrogen-bond donors (Lipinski definition) is 0. The molecule has 0 spiro atoms. The zero-order valence-corrected chi connectivity index (χ0v) is 34.8. The molecule has 0 aliphatic rings. The Balaban J connectivity index is 4.49.